The summed E-state index contributed by atoms with van der Waals surface area (Å²) in [5.74, 6) is -1.34. The quantitative estimate of drug-likeness (QED) is 0.626. The van der Waals surface area contributed by atoms with Crippen LogP contribution in [-0.2, 0) is 0 Å². The van der Waals surface area contributed by atoms with Crippen LogP contribution in [0.4, 0.5) is 0 Å². The van der Waals surface area contributed by atoms with Gasteiger partial charge in [-0.25, -0.2) is 9.59 Å². The van der Waals surface area contributed by atoms with Crippen molar-refractivity contribution in [2.24, 2.45) is 0 Å². The molecule has 0 saturated carbocycles. The molecule has 2 aromatic carbocycles. The van der Waals surface area contributed by atoms with E-state index in [1.54, 1.807) is 24.3 Å². The molecule has 0 aliphatic carbocycles. The number of hydrogen-bond donors (Lipinski definition) is 2. The lowest BCUT2D eigenvalue weighted by Crippen LogP contribution is -2.11. The van der Waals surface area contributed by atoms with Gasteiger partial charge >= 0.3 is 11.9 Å². The van der Waals surface area contributed by atoms with E-state index in [2.05, 4.69) is 0 Å². The van der Waals surface area contributed by atoms with Gasteiger partial charge in [0, 0.05) is 0 Å². The van der Waals surface area contributed by atoms with Crippen molar-refractivity contribution in [3.63, 3.8) is 0 Å². The molecule has 0 heterocycles. The SMILES string of the molecule is O=C(Oc1ccccc1C(=O)O)c1ccc(OCCO)cc1. The molecule has 6 nitrogen and oxygen atoms in total. The number of esters is 1. The summed E-state index contributed by atoms with van der Waals surface area (Å²) >= 11 is 0. The van der Waals surface area contributed by atoms with Crippen molar-refractivity contribution < 1.29 is 29.3 Å². The van der Waals surface area contributed by atoms with Crippen LogP contribution in [-0.4, -0.2) is 35.4 Å². The van der Waals surface area contributed by atoms with E-state index in [-0.39, 0.29) is 30.1 Å². The topological polar surface area (TPSA) is 93.1 Å². The van der Waals surface area contributed by atoms with Crippen molar-refractivity contribution in [3.05, 3.63) is 59.7 Å². The molecule has 22 heavy (non-hydrogen) atoms. The second-order valence-corrected chi connectivity index (χ2v) is 4.29. The molecule has 0 amide bonds. The third-order valence-corrected chi connectivity index (χ3v) is 2.77. The van der Waals surface area contributed by atoms with E-state index in [4.69, 9.17) is 19.7 Å². The smallest absolute Gasteiger partial charge is 0.343 e. The Hall–Kier alpha value is -2.86. The summed E-state index contributed by atoms with van der Waals surface area (Å²) in [6.45, 7) is 0.0611. The van der Waals surface area contributed by atoms with Crippen LogP contribution in [0.5, 0.6) is 11.5 Å². The summed E-state index contributed by atoms with van der Waals surface area (Å²) in [4.78, 5) is 23.1. The zero-order chi connectivity index (χ0) is 15.9. The average Bonchev–Trinajstić information content (AvgIpc) is 2.53. The zero-order valence-corrected chi connectivity index (χ0v) is 11.6. The predicted molar refractivity (Wildman–Crippen MR) is 77.4 cm³/mol. The van der Waals surface area contributed by atoms with Crippen LogP contribution in [0.3, 0.4) is 0 Å². The van der Waals surface area contributed by atoms with E-state index >= 15 is 0 Å². The molecule has 0 saturated heterocycles. The number of carboxylic acid groups (broad SMARTS) is 1. The first-order chi connectivity index (χ1) is 10.6. The number of benzene rings is 2. The molecular weight excluding hydrogens is 288 g/mol. The monoisotopic (exact) mass is 302 g/mol. The number of aliphatic hydroxyl groups is 1. The van der Waals surface area contributed by atoms with Crippen molar-refractivity contribution in [1.82, 2.24) is 0 Å². The zero-order valence-electron chi connectivity index (χ0n) is 11.6. The molecule has 114 valence electrons. The van der Waals surface area contributed by atoms with E-state index in [1.807, 2.05) is 0 Å². The Kier molecular flexibility index (Phi) is 5.11. The largest absolute Gasteiger partial charge is 0.491 e. The summed E-state index contributed by atoms with van der Waals surface area (Å²) in [6.07, 6.45) is 0. The summed E-state index contributed by atoms with van der Waals surface area (Å²) in [5.41, 5.74) is 0.176. The van der Waals surface area contributed by atoms with E-state index in [0.29, 0.717) is 5.75 Å². The van der Waals surface area contributed by atoms with Crippen LogP contribution in [0.15, 0.2) is 48.5 Å². The van der Waals surface area contributed by atoms with Gasteiger partial charge in [0.15, 0.2) is 0 Å². The van der Waals surface area contributed by atoms with Gasteiger partial charge in [-0.1, -0.05) is 12.1 Å². The van der Waals surface area contributed by atoms with Gasteiger partial charge in [-0.15, -0.1) is 0 Å². The van der Waals surface area contributed by atoms with Crippen LogP contribution in [0, 0.1) is 0 Å². The Morgan fingerprint density at radius 2 is 1.68 bits per heavy atom. The Bertz CT molecular complexity index is 663. The lowest BCUT2D eigenvalue weighted by molar-refractivity contribution is 0.0681. The molecule has 2 N–H and O–H groups in total. The molecule has 6 heteroatoms. The van der Waals surface area contributed by atoms with Gasteiger partial charge < -0.3 is 19.7 Å². The van der Waals surface area contributed by atoms with E-state index in [9.17, 15) is 9.59 Å². The fourth-order valence-electron chi connectivity index (χ4n) is 1.74. The number of carbonyl (C=O) groups excluding carboxylic acids is 1. The van der Waals surface area contributed by atoms with Crippen molar-refractivity contribution >= 4 is 11.9 Å². The van der Waals surface area contributed by atoms with E-state index in [1.165, 1.54) is 24.3 Å². The predicted octanol–water partition coefficient (Wildman–Crippen LogP) is 1.98. The number of carboxylic acids is 1. The molecule has 0 aromatic heterocycles. The summed E-state index contributed by atoms with van der Waals surface area (Å²) in [7, 11) is 0. The molecule has 0 aliphatic heterocycles. The third-order valence-electron chi connectivity index (χ3n) is 2.77. The van der Waals surface area contributed by atoms with Crippen molar-refractivity contribution in [3.8, 4) is 11.5 Å². The van der Waals surface area contributed by atoms with Gasteiger partial charge in [-0.2, -0.15) is 0 Å². The molecule has 0 aliphatic rings. The lowest BCUT2D eigenvalue weighted by atomic mass is 10.2. The lowest BCUT2D eigenvalue weighted by Gasteiger charge is -2.08. The van der Waals surface area contributed by atoms with Gasteiger partial charge in [-0.3, -0.25) is 0 Å². The molecule has 0 bridgehead atoms. The van der Waals surface area contributed by atoms with Gasteiger partial charge in [-0.05, 0) is 36.4 Å². The molecule has 0 radical (unpaired) electrons. The maximum absolute atomic E-state index is 12.0. The molecule has 2 aromatic rings. The first-order valence-corrected chi connectivity index (χ1v) is 6.50. The number of aliphatic hydroxyl groups excluding tert-OH is 1. The second-order valence-electron chi connectivity index (χ2n) is 4.29. The second kappa shape index (κ2) is 7.24. The number of ether oxygens (including phenoxy) is 2. The molecule has 0 unspecified atom stereocenters. The van der Waals surface area contributed by atoms with Crippen LogP contribution in [0.25, 0.3) is 0 Å². The summed E-state index contributed by atoms with van der Waals surface area (Å²) in [6, 6.07) is 12.0. The Balaban J connectivity index is 2.11. The number of para-hydroxylation sites is 1. The molecule has 0 atom stereocenters. The highest BCUT2D eigenvalue weighted by molar-refractivity contribution is 5.95. The van der Waals surface area contributed by atoms with Crippen LogP contribution < -0.4 is 9.47 Å². The van der Waals surface area contributed by atoms with Gasteiger partial charge in [0.1, 0.15) is 23.7 Å². The highest BCUT2D eigenvalue weighted by atomic mass is 16.5. The average molecular weight is 302 g/mol. The summed E-state index contributed by atoms with van der Waals surface area (Å²) < 4.78 is 10.3. The van der Waals surface area contributed by atoms with Gasteiger partial charge in [0.05, 0.1) is 12.2 Å². The Morgan fingerprint density at radius 3 is 2.32 bits per heavy atom. The number of rotatable bonds is 6. The first kappa shape index (κ1) is 15.5. The number of hydrogen-bond acceptors (Lipinski definition) is 5. The Morgan fingerprint density at radius 1 is 1.00 bits per heavy atom. The third kappa shape index (κ3) is 3.83. The van der Waals surface area contributed by atoms with Crippen LogP contribution in [0.2, 0.25) is 0 Å². The summed E-state index contributed by atoms with van der Waals surface area (Å²) in [5, 5.41) is 17.7. The maximum atomic E-state index is 12.0. The number of aromatic carboxylic acids is 1. The minimum atomic E-state index is -1.17. The van der Waals surface area contributed by atoms with Gasteiger partial charge in [0.2, 0.25) is 0 Å². The van der Waals surface area contributed by atoms with E-state index < -0.39 is 11.9 Å². The maximum Gasteiger partial charge on any atom is 0.343 e. The molecular formula is C16H14O6. The minimum Gasteiger partial charge on any atom is -0.491 e. The highest BCUT2D eigenvalue weighted by Crippen LogP contribution is 2.20. The van der Waals surface area contributed by atoms with Crippen molar-refractivity contribution in [2.75, 3.05) is 13.2 Å². The molecule has 0 spiro atoms. The van der Waals surface area contributed by atoms with Crippen molar-refractivity contribution in [2.45, 2.75) is 0 Å². The fraction of sp³-hybridized carbons (Fsp3) is 0.125. The molecule has 0 fully saturated rings. The fourth-order valence-corrected chi connectivity index (χ4v) is 1.74. The normalized spacial score (nSPS) is 10.0. The minimum absolute atomic E-state index is 0.0133. The van der Waals surface area contributed by atoms with Crippen molar-refractivity contribution in [1.29, 1.82) is 0 Å². The standard InChI is InChI=1S/C16H14O6/c17-9-10-21-12-7-5-11(6-8-12)16(20)22-14-4-2-1-3-13(14)15(18)19/h1-8,17H,9-10H2,(H,18,19). The van der Waals surface area contributed by atoms with E-state index in [0.717, 1.165) is 0 Å². The molecule has 2 rings (SSSR count). The highest BCUT2D eigenvalue weighted by Gasteiger charge is 2.15. The van der Waals surface area contributed by atoms with Gasteiger partial charge in [0.25, 0.3) is 0 Å². The van der Waals surface area contributed by atoms with Crippen LogP contribution >= 0.6 is 0 Å². The van der Waals surface area contributed by atoms with Crippen LogP contribution in [0.1, 0.15) is 20.7 Å². The first-order valence-electron chi connectivity index (χ1n) is 6.50. The number of carbonyl (C=O) groups is 2. The Labute approximate surface area is 126 Å².